The van der Waals surface area contributed by atoms with Crippen LogP contribution in [-0.4, -0.2) is 13.7 Å². The number of ether oxygens (including phenoxy) is 1. The summed E-state index contributed by atoms with van der Waals surface area (Å²) in [5, 5.41) is 0. The van der Waals surface area contributed by atoms with Crippen molar-refractivity contribution in [2.75, 3.05) is 13.7 Å². The molecule has 1 nitrogen and oxygen atoms in total. The summed E-state index contributed by atoms with van der Waals surface area (Å²) in [5.74, 6) is 1.51. The second kappa shape index (κ2) is 4.86. The predicted molar refractivity (Wildman–Crippen MR) is 54.3 cm³/mol. The Labute approximate surface area is 77.5 Å². The minimum atomic E-state index is 0.409. The fourth-order valence-corrected chi connectivity index (χ4v) is 2.01. The van der Waals surface area contributed by atoms with Crippen LogP contribution in [-0.2, 0) is 4.74 Å². The third-order valence-electron chi connectivity index (χ3n) is 2.55. The van der Waals surface area contributed by atoms with Crippen LogP contribution >= 0.6 is 0 Å². The minimum absolute atomic E-state index is 0.409. The van der Waals surface area contributed by atoms with E-state index in [4.69, 9.17) is 4.74 Å². The number of hydrogen-bond donors (Lipinski definition) is 0. The van der Waals surface area contributed by atoms with Crippen LogP contribution in [0.5, 0.6) is 0 Å². The lowest BCUT2D eigenvalue weighted by Gasteiger charge is -2.33. The normalized spacial score (nSPS) is 15.2. The van der Waals surface area contributed by atoms with Crippen LogP contribution in [0.1, 0.15) is 41.0 Å². The first-order valence-electron chi connectivity index (χ1n) is 4.88. The molecule has 0 rings (SSSR count). The maximum Gasteiger partial charge on any atom is 0.0465 e. The summed E-state index contributed by atoms with van der Waals surface area (Å²) in [5.41, 5.74) is 0.409. The summed E-state index contributed by atoms with van der Waals surface area (Å²) in [7, 11) is 1.78. The molecule has 0 aromatic heterocycles. The van der Waals surface area contributed by atoms with Gasteiger partial charge in [-0.1, -0.05) is 34.6 Å². The molecule has 0 bridgehead atoms. The van der Waals surface area contributed by atoms with Gasteiger partial charge in [0.15, 0.2) is 0 Å². The molecule has 0 saturated carbocycles. The molecule has 0 amide bonds. The van der Waals surface area contributed by atoms with Crippen molar-refractivity contribution >= 4 is 0 Å². The topological polar surface area (TPSA) is 9.23 Å². The van der Waals surface area contributed by atoms with Gasteiger partial charge in [0, 0.05) is 13.7 Å². The Morgan fingerprint density at radius 1 is 1.17 bits per heavy atom. The van der Waals surface area contributed by atoms with Gasteiger partial charge in [0.05, 0.1) is 0 Å². The fraction of sp³-hybridized carbons (Fsp3) is 1.00. The first kappa shape index (κ1) is 12.0. The number of methoxy groups -OCH3 is 1. The molecule has 0 aromatic rings. The van der Waals surface area contributed by atoms with E-state index in [2.05, 4.69) is 34.6 Å². The molecule has 0 aliphatic carbocycles. The van der Waals surface area contributed by atoms with Crippen LogP contribution in [0.2, 0.25) is 0 Å². The Balaban J connectivity index is 4.05. The van der Waals surface area contributed by atoms with Crippen LogP contribution in [0.15, 0.2) is 0 Å². The van der Waals surface area contributed by atoms with Crippen LogP contribution in [0.3, 0.4) is 0 Å². The van der Waals surface area contributed by atoms with E-state index < -0.39 is 0 Å². The van der Waals surface area contributed by atoms with Gasteiger partial charge in [-0.25, -0.2) is 0 Å². The highest BCUT2D eigenvalue weighted by Gasteiger charge is 2.26. The fourth-order valence-electron chi connectivity index (χ4n) is 2.01. The molecule has 0 saturated heterocycles. The van der Waals surface area contributed by atoms with Crippen LogP contribution in [0, 0.1) is 17.3 Å². The molecule has 0 aromatic carbocycles. The zero-order valence-electron chi connectivity index (χ0n) is 9.48. The number of rotatable bonds is 4. The third kappa shape index (κ3) is 4.10. The smallest absolute Gasteiger partial charge is 0.0465 e. The first-order chi connectivity index (χ1) is 5.39. The second-order valence-electron chi connectivity index (χ2n) is 5.00. The highest BCUT2D eigenvalue weighted by Crippen LogP contribution is 2.34. The van der Waals surface area contributed by atoms with E-state index in [1.807, 2.05) is 0 Å². The second-order valence-corrected chi connectivity index (χ2v) is 5.00. The van der Waals surface area contributed by atoms with Crippen molar-refractivity contribution < 1.29 is 4.74 Å². The van der Waals surface area contributed by atoms with E-state index in [0.29, 0.717) is 5.41 Å². The van der Waals surface area contributed by atoms with Crippen molar-refractivity contribution in [2.45, 2.75) is 41.0 Å². The van der Waals surface area contributed by atoms with Crippen LogP contribution in [0.4, 0.5) is 0 Å². The monoisotopic (exact) mass is 172 g/mol. The molecule has 0 heterocycles. The summed E-state index contributed by atoms with van der Waals surface area (Å²) in [4.78, 5) is 0. The average molecular weight is 172 g/mol. The maximum atomic E-state index is 5.12. The van der Waals surface area contributed by atoms with Crippen LogP contribution in [0.25, 0.3) is 0 Å². The standard InChI is InChI=1S/C11H24O/c1-9(2)10(7-8-12-6)11(3,4)5/h9-10H,7-8H2,1-6H3/t10-/m1/s1. The molecular weight excluding hydrogens is 148 g/mol. The molecule has 12 heavy (non-hydrogen) atoms. The van der Waals surface area contributed by atoms with Crippen molar-refractivity contribution in [1.29, 1.82) is 0 Å². The van der Waals surface area contributed by atoms with Crippen molar-refractivity contribution in [3.63, 3.8) is 0 Å². The summed E-state index contributed by atoms with van der Waals surface area (Å²) >= 11 is 0. The first-order valence-corrected chi connectivity index (χ1v) is 4.88. The van der Waals surface area contributed by atoms with Gasteiger partial charge in [-0.3, -0.25) is 0 Å². The highest BCUT2D eigenvalue weighted by atomic mass is 16.5. The summed E-state index contributed by atoms with van der Waals surface area (Å²) < 4.78 is 5.12. The SMILES string of the molecule is COCC[C@H](C(C)C)C(C)(C)C. The van der Waals surface area contributed by atoms with Gasteiger partial charge < -0.3 is 4.74 Å². The van der Waals surface area contributed by atoms with Gasteiger partial charge in [-0.15, -0.1) is 0 Å². The van der Waals surface area contributed by atoms with Crippen molar-refractivity contribution in [3.8, 4) is 0 Å². The quantitative estimate of drug-likeness (QED) is 0.632. The lowest BCUT2D eigenvalue weighted by Crippen LogP contribution is -2.26. The Bertz CT molecular complexity index is 111. The lowest BCUT2D eigenvalue weighted by molar-refractivity contribution is 0.108. The van der Waals surface area contributed by atoms with E-state index in [1.54, 1.807) is 7.11 Å². The summed E-state index contributed by atoms with van der Waals surface area (Å²) in [6.07, 6.45) is 1.18. The molecule has 0 N–H and O–H groups in total. The van der Waals surface area contributed by atoms with Crippen molar-refractivity contribution in [1.82, 2.24) is 0 Å². The van der Waals surface area contributed by atoms with E-state index >= 15 is 0 Å². The molecule has 0 fully saturated rings. The van der Waals surface area contributed by atoms with E-state index in [0.717, 1.165) is 18.4 Å². The molecular formula is C11H24O. The van der Waals surface area contributed by atoms with Gasteiger partial charge in [0.1, 0.15) is 0 Å². The van der Waals surface area contributed by atoms with Crippen molar-refractivity contribution in [3.05, 3.63) is 0 Å². The molecule has 0 spiro atoms. The molecule has 0 unspecified atom stereocenters. The Hall–Kier alpha value is -0.0400. The average Bonchev–Trinajstić information content (AvgIpc) is 1.84. The largest absolute Gasteiger partial charge is 0.385 e. The Kier molecular flexibility index (Phi) is 4.84. The number of hydrogen-bond acceptors (Lipinski definition) is 1. The third-order valence-corrected chi connectivity index (χ3v) is 2.55. The van der Waals surface area contributed by atoms with Gasteiger partial charge in [-0.05, 0) is 23.7 Å². The Morgan fingerprint density at radius 3 is 1.92 bits per heavy atom. The molecule has 1 heteroatoms. The zero-order valence-corrected chi connectivity index (χ0v) is 9.48. The van der Waals surface area contributed by atoms with Gasteiger partial charge >= 0.3 is 0 Å². The van der Waals surface area contributed by atoms with Gasteiger partial charge in [0.25, 0.3) is 0 Å². The van der Waals surface area contributed by atoms with Crippen LogP contribution < -0.4 is 0 Å². The highest BCUT2D eigenvalue weighted by molar-refractivity contribution is 4.76. The van der Waals surface area contributed by atoms with E-state index in [1.165, 1.54) is 6.42 Å². The molecule has 0 aliphatic rings. The molecule has 1 atom stereocenters. The van der Waals surface area contributed by atoms with E-state index in [9.17, 15) is 0 Å². The summed E-state index contributed by atoms with van der Waals surface area (Å²) in [6, 6.07) is 0. The van der Waals surface area contributed by atoms with Crippen molar-refractivity contribution in [2.24, 2.45) is 17.3 Å². The predicted octanol–water partition coefficient (Wildman–Crippen LogP) is 3.34. The Morgan fingerprint density at radius 2 is 1.67 bits per heavy atom. The van der Waals surface area contributed by atoms with E-state index in [-0.39, 0.29) is 0 Å². The zero-order chi connectivity index (χ0) is 9.78. The maximum absolute atomic E-state index is 5.12. The lowest BCUT2D eigenvalue weighted by atomic mass is 9.73. The molecule has 0 radical (unpaired) electrons. The minimum Gasteiger partial charge on any atom is -0.385 e. The molecule has 0 aliphatic heterocycles. The van der Waals surface area contributed by atoms with Gasteiger partial charge in [0.2, 0.25) is 0 Å². The van der Waals surface area contributed by atoms with Gasteiger partial charge in [-0.2, -0.15) is 0 Å². The molecule has 74 valence electrons. The summed E-state index contributed by atoms with van der Waals surface area (Å²) in [6.45, 7) is 12.4.